The van der Waals surface area contributed by atoms with Crippen LogP contribution in [0.1, 0.15) is 5.56 Å². The molecule has 1 heterocycles. The highest BCUT2D eigenvalue weighted by atomic mass is 79.9. The van der Waals surface area contributed by atoms with Crippen LogP contribution in [0.15, 0.2) is 28.9 Å². The summed E-state index contributed by atoms with van der Waals surface area (Å²) in [5.41, 5.74) is 1.43. The van der Waals surface area contributed by atoms with Gasteiger partial charge in [-0.05, 0) is 23.8 Å². The second kappa shape index (κ2) is 4.71. The zero-order valence-electron chi connectivity index (χ0n) is 9.11. The number of fused-ring (bicyclic) bond motifs is 1. The molecule has 2 aromatic rings. The van der Waals surface area contributed by atoms with Crippen LogP contribution in [-0.2, 0) is 16.0 Å². The third-order valence-electron chi connectivity index (χ3n) is 2.45. The van der Waals surface area contributed by atoms with Gasteiger partial charge >= 0.3 is 5.97 Å². The average molecular weight is 296 g/mol. The average Bonchev–Trinajstić information content (AvgIpc) is 2.31. The van der Waals surface area contributed by atoms with Crippen LogP contribution in [0.25, 0.3) is 10.9 Å². The first-order valence-electron chi connectivity index (χ1n) is 4.94. The van der Waals surface area contributed by atoms with Gasteiger partial charge in [0.05, 0.1) is 19.0 Å². The van der Waals surface area contributed by atoms with Crippen molar-refractivity contribution in [3.8, 4) is 5.75 Å². The second-order valence-electron chi connectivity index (χ2n) is 3.54. The summed E-state index contributed by atoms with van der Waals surface area (Å²) in [7, 11) is 1.34. The topological polar surface area (TPSA) is 59.4 Å². The minimum atomic E-state index is -0.326. The molecule has 0 saturated carbocycles. The van der Waals surface area contributed by atoms with Crippen LogP contribution < -0.4 is 0 Å². The highest BCUT2D eigenvalue weighted by molar-refractivity contribution is 9.10. The van der Waals surface area contributed by atoms with E-state index in [2.05, 4.69) is 25.7 Å². The minimum absolute atomic E-state index is 0.147. The number of carbonyl (C=O) groups excluding carboxylic acids is 1. The summed E-state index contributed by atoms with van der Waals surface area (Å²) in [6.45, 7) is 0. The molecule has 0 radical (unpaired) electrons. The van der Waals surface area contributed by atoms with E-state index in [1.165, 1.54) is 19.4 Å². The molecule has 0 amide bonds. The number of hydrogen-bond acceptors (Lipinski definition) is 4. The van der Waals surface area contributed by atoms with Crippen LogP contribution in [0.5, 0.6) is 5.75 Å². The number of rotatable bonds is 2. The van der Waals surface area contributed by atoms with Crippen LogP contribution in [0.4, 0.5) is 0 Å². The summed E-state index contributed by atoms with van der Waals surface area (Å²) in [5.74, 6) is -0.179. The molecule has 4 nitrogen and oxygen atoms in total. The van der Waals surface area contributed by atoms with E-state index in [-0.39, 0.29) is 18.1 Å². The van der Waals surface area contributed by atoms with Gasteiger partial charge in [0, 0.05) is 16.1 Å². The number of halogens is 1. The summed E-state index contributed by atoms with van der Waals surface area (Å²) in [5, 5.41) is 10.3. The SMILES string of the molecule is COC(=O)Cc1cc2c(O)ccnc2cc1Br. The Hall–Kier alpha value is -1.62. The lowest BCUT2D eigenvalue weighted by atomic mass is 10.1. The van der Waals surface area contributed by atoms with E-state index >= 15 is 0 Å². The van der Waals surface area contributed by atoms with Gasteiger partial charge in [-0.2, -0.15) is 0 Å². The van der Waals surface area contributed by atoms with Gasteiger partial charge in [0.1, 0.15) is 5.75 Å². The van der Waals surface area contributed by atoms with E-state index in [1.807, 2.05) is 0 Å². The third-order valence-corrected chi connectivity index (χ3v) is 3.19. The molecule has 0 atom stereocenters. The lowest BCUT2D eigenvalue weighted by Gasteiger charge is -2.06. The molecule has 0 saturated heterocycles. The molecular formula is C12H10BrNO3. The number of hydrogen-bond donors (Lipinski definition) is 1. The van der Waals surface area contributed by atoms with Gasteiger partial charge in [-0.25, -0.2) is 0 Å². The van der Waals surface area contributed by atoms with Crippen LogP contribution in [0, 0.1) is 0 Å². The Morgan fingerprint density at radius 2 is 2.29 bits per heavy atom. The number of nitrogens with zero attached hydrogens (tertiary/aromatic N) is 1. The Kier molecular flexibility index (Phi) is 3.28. The maximum absolute atomic E-state index is 11.2. The third kappa shape index (κ3) is 2.39. The van der Waals surface area contributed by atoms with Crippen LogP contribution in [-0.4, -0.2) is 23.2 Å². The largest absolute Gasteiger partial charge is 0.507 e. The summed E-state index contributed by atoms with van der Waals surface area (Å²) >= 11 is 3.37. The fraction of sp³-hybridized carbons (Fsp3) is 0.167. The number of aromatic hydroxyl groups is 1. The fourth-order valence-corrected chi connectivity index (χ4v) is 2.03. The normalized spacial score (nSPS) is 10.5. The van der Waals surface area contributed by atoms with Crippen molar-refractivity contribution in [2.24, 2.45) is 0 Å². The fourth-order valence-electron chi connectivity index (χ4n) is 1.56. The van der Waals surface area contributed by atoms with E-state index in [0.717, 1.165) is 10.0 Å². The number of carbonyl (C=O) groups is 1. The number of esters is 1. The Morgan fingerprint density at radius 3 is 3.00 bits per heavy atom. The lowest BCUT2D eigenvalue weighted by molar-refractivity contribution is -0.139. The monoisotopic (exact) mass is 295 g/mol. The van der Waals surface area contributed by atoms with Crippen molar-refractivity contribution >= 4 is 32.8 Å². The van der Waals surface area contributed by atoms with Crippen molar-refractivity contribution in [3.05, 3.63) is 34.4 Å². The molecule has 17 heavy (non-hydrogen) atoms. The Balaban J connectivity index is 2.54. The smallest absolute Gasteiger partial charge is 0.310 e. The van der Waals surface area contributed by atoms with E-state index in [0.29, 0.717) is 10.9 Å². The first-order valence-corrected chi connectivity index (χ1v) is 5.74. The lowest BCUT2D eigenvalue weighted by Crippen LogP contribution is -2.05. The highest BCUT2D eigenvalue weighted by Crippen LogP contribution is 2.28. The van der Waals surface area contributed by atoms with Gasteiger partial charge in [0.15, 0.2) is 0 Å². The van der Waals surface area contributed by atoms with Crippen molar-refractivity contribution in [2.75, 3.05) is 7.11 Å². The molecule has 0 fully saturated rings. The molecule has 0 aliphatic carbocycles. The Labute approximate surface area is 106 Å². The van der Waals surface area contributed by atoms with Crippen LogP contribution >= 0.6 is 15.9 Å². The van der Waals surface area contributed by atoms with E-state index < -0.39 is 0 Å². The maximum Gasteiger partial charge on any atom is 0.310 e. The van der Waals surface area contributed by atoms with Crippen LogP contribution in [0.3, 0.4) is 0 Å². The zero-order chi connectivity index (χ0) is 12.4. The van der Waals surface area contributed by atoms with Crippen molar-refractivity contribution in [3.63, 3.8) is 0 Å². The molecule has 2 rings (SSSR count). The maximum atomic E-state index is 11.2. The Bertz CT molecular complexity index is 583. The van der Waals surface area contributed by atoms with Gasteiger partial charge in [0.25, 0.3) is 0 Å². The van der Waals surface area contributed by atoms with Gasteiger partial charge < -0.3 is 9.84 Å². The zero-order valence-corrected chi connectivity index (χ0v) is 10.7. The molecule has 1 aromatic heterocycles. The number of pyridine rings is 1. The van der Waals surface area contributed by atoms with Gasteiger partial charge in [-0.1, -0.05) is 15.9 Å². The number of ether oxygens (including phenoxy) is 1. The second-order valence-corrected chi connectivity index (χ2v) is 4.40. The first kappa shape index (κ1) is 11.9. The molecule has 5 heteroatoms. The van der Waals surface area contributed by atoms with Crippen molar-refractivity contribution in [2.45, 2.75) is 6.42 Å². The standard InChI is InChI=1S/C12H10BrNO3/c1-17-12(16)5-7-4-8-10(6-9(7)13)14-3-2-11(8)15/h2-4,6H,5H2,1H3,(H,14,15). The molecule has 0 spiro atoms. The van der Waals surface area contributed by atoms with Crippen LogP contribution in [0.2, 0.25) is 0 Å². The molecule has 0 unspecified atom stereocenters. The quantitative estimate of drug-likeness (QED) is 0.865. The van der Waals surface area contributed by atoms with Gasteiger partial charge in [-0.15, -0.1) is 0 Å². The van der Waals surface area contributed by atoms with E-state index in [9.17, 15) is 9.90 Å². The number of aromatic nitrogens is 1. The molecule has 0 aliphatic heterocycles. The molecule has 88 valence electrons. The summed E-state index contributed by atoms with van der Waals surface area (Å²) in [4.78, 5) is 15.4. The van der Waals surface area contributed by atoms with E-state index in [1.54, 1.807) is 12.1 Å². The molecule has 0 aliphatic rings. The van der Waals surface area contributed by atoms with Crippen molar-refractivity contribution in [1.82, 2.24) is 4.98 Å². The predicted molar refractivity (Wildman–Crippen MR) is 66.8 cm³/mol. The van der Waals surface area contributed by atoms with E-state index in [4.69, 9.17) is 0 Å². The highest BCUT2D eigenvalue weighted by Gasteiger charge is 2.10. The summed E-state index contributed by atoms with van der Waals surface area (Å²) < 4.78 is 5.39. The van der Waals surface area contributed by atoms with Crippen molar-refractivity contribution in [1.29, 1.82) is 0 Å². The predicted octanol–water partition coefficient (Wildman–Crippen LogP) is 2.42. The number of benzene rings is 1. The minimum Gasteiger partial charge on any atom is -0.507 e. The van der Waals surface area contributed by atoms with Gasteiger partial charge in [-0.3, -0.25) is 9.78 Å². The molecule has 1 N–H and O–H groups in total. The Morgan fingerprint density at radius 1 is 1.53 bits per heavy atom. The number of methoxy groups -OCH3 is 1. The summed E-state index contributed by atoms with van der Waals surface area (Å²) in [6, 6.07) is 5.02. The molecular weight excluding hydrogens is 286 g/mol. The van der Waals surface area contributed by atoms with Gasteiger partial charge in [0.2, 0.25) is 0 Å². The molecule has 0 bridgehead atoms. The first-order chi connectivity index (χ1) is 8.11. The van der Waals surface area contributed by atoms with Crippen molar-refractivity contribution < 1.29 is 14.6 Å². The summed E-state index contributed by atoms with van der Waals surface area (Å²) in [6.07, 6.45) is 1.69. The molecule has 1 aromatic carbocycles.